The van der Waals surface area contributed by atoms with Crippen LogP contribution in [0.3, 0.4) is 0 Å². The maximum atomic E-state index is 14.8. The van der Waals surface area contributed by atoms with Crippen molar-refractivity contribution in [1.29, 1.82) is 0 Å². The van der Waals surface area contributed by atoms with E-state index in [0.717, 1.165) is 18.2 Å². The van der Waals surface area contributed by atoms with Gasteiger partial charge in [0, 0.05) is 39.3 Å². The van der Waals surface area contributed by atoms with Crippen LogP contribution in [0.4, 0.5) is 34.3 Å². The first kappa shape index (κ1) is 27.8. The van der Waals surface area contributed by atoms with Gasteiger partial charge in [0.15, 0.2) is 0 Å². The molecule has 0 unspecified atom stereocenters. The zero-order chi connectivity index (χ0) is 27.8. The maximum absolute atomic E-state index is 14.8. The average Bonchev–Trinajstić information content (AvgIpc) is 2.87. The number of carbonyl (C=O) groups excluding carboxylic acids is 2. The summed E-state index contributed by atoms with van der Waals surface area (Å²) in [6, 6.07) is 10.2. The molecule has 1 aromatic heterocycles. The van der Waals surface area contributed by atoms with Crippen molar-refractivity contribution in [3.05, 3.63) is 77.6 Å². The van der Waals surface area contributed by atoms with Crippen LogP contribution in [0.5, 0.6) is 0 Å². The Kier molecular flexibility index (Phi) is 9.14. The van der Waals surface area contributed by atoms with Crippen LogP contribution < -0.4 is 4.90 Å². The highest BCUT2D eigenvalue weighted by atomic mass is 19.1. The second kappa shape index (κ2) is 12.5. The van der Waals surface area contributed by atoms with Gasteiger partial charge in [-0.25, -0.2) is 32.6 Å². The number of ether oxygens (including phenoxy) is 1. The first-order chi connectivity index (χ1) is 18.1. The molecule has 12 heteroatoms. The van der Waals surface area contributed by atoms with Crippen molar-refractivity contribution in [2.45, 2.75) is 6.61 Å². The molecule has 1 heterocycles. The minimum atomic E-state index is -1.02. The quantitative estimate of drug-likeness (QED) is 0.309. The summed E-state index contributed by atoms with van der Waals surface area (Å²) in [4.78, 5) is 40.6. The summed E-state index contributed by atoms with van der Waals surface area (Å²) in [7, 11) is 6.60. The van der Waals surface area contributed by atoms with E-state index >= 15 is 0 Å². The van der Waals surface area contributed by atoms with Crippen LogP contribution in [0.1, 0.15) is 5.56 Å². The Bertz CT molecular complexity index is 1340. The third kappa shape index (κ3) is 7.15. The number of aromatic nitrogens is 1. The van der Waals surface area contributed by atoms with Crippen molar-refractivity contribution in [1.82, 2.24) is 14.8 Å². The van der Waals surface area contributed by atoms with Crippen LogP contribution >= 0.6 is 0 Å². The molecule has 0 bridgehead atoms. The number of halogens is 3. The van der Waals surface area contributed by atoms with Gasteiger partial charge in [-0.15, -0.1) is 0 Å². The van der Waals surface area contributed by atoms with Crippen molar-refractivity contribution in [2.24, 2.45) is 9.98 Å². The number of pyridine rings is 1. The highest BCUT2D eigenvalue weighted by molar-refractivity contribution is 6.02. The van der Waals surface area contributed by atoms with Gasteiger partial charge in [0.2, 0.25) is 0 Å². The smallest absolute Gasteiger partial charge is 0.435 e. The number of urea groups is 1. The Labute approximate surface area is 217 Å². The fourth-order valence-electron chi connectivity index (χ4n) is 3.15. The Hall–Kier alpha value is -4.74. The lowest BCUT2D eigenvalue weighted by Gasteiger charge is -2.22. The number of carbonyl (C=O) groups is 2. The molecule has 0 aliphatic carbocycles. The highest BCUT2D eigenvalue weighted by Crippen LogP contribution is 2.33. The molecule has 9 nitrogen and oxygen atoms in total. The van der Waals surface area contributed by atoms with Crippen molar-refractivity contribution in [3.8, 4) is 11.3 Å². The van der Waals surface area contributed by atoms with E-state index in [9.17, 15) is 22.8 Å². The van der Waals surface area contributed by atoms with Crippen molar-refractivity contribution in [2.75, 3.05) is 33.1 Å². The first-order valence-corrected chi connectivity index (χ1v) is 11.2. The minimum Gasteiger partial charge on any atom is -0.443 e. The molecule has 3 amide bonds. The fraction of sp³-hybridized carbons (Fsp3) is 0.192. The Morgan fingerprint density at radius 1 is 0.868 bits per heavy atom. The van der Waals surface area contributed by atoms with Crippen molar-refractivity contribution in [3.63, 3.8) is 0 Å². The van der Waals surface area contributed by atoms with Crippen LogP contribution in [0, 0.1) is 17.5 Å². The Morgan fingerprint density at radius 2 is 1.47 bits per heavy atom. The van der Waals surface area contributed by atoms with E-state index < -0.39 is 35.3 Å². The summed E-state index contributed by atoms with van der Waals surface area (Å²) >= 11 is 0. The zero-order valence-electron chi connectivity index (χ0n) is 21.1. The molecule has 0 radical (unpaired) electrons. The molecular formula is C26H25F3N6O3. The lowest BCUT2D eigenvalue weighted by atomic mass is 10.1. The number of nitrogens with zero attached hydrogens (tertiary/aromatic N) is 6. The molecule has 3 aromatic rings. The van der Waals surface area contributed by atoms with E-state index in [1.54, 1.807) is 33.1 Å². The molecule has 0 aliphatic heterocycles. The van der Waals surface area contributed by atoms with Crippen molar-refractivity contribution < 1.29 is 27.5 Å². The number of rotatable bonds is 7. The standard InChI is InChI=1S/C26H25F3N6O3/c1-33(2)15-30-25(36)35(24-20(28)6-5-7-21(24)29)22-13-10-18(14-38-26(37)31-16-34(3)4)23(32-22)17-8-11-19(27)12-9-17/h5-13,15-16H,14H2,1-4H3/b30-15+,31-16+. The topological polar surface area (TPSA) is 90.7 Å². The lowest BCUT2D eigenvalue weighted by Crippen LogP contribution is -2.27. The van der Waals surface area contributed by atoms with Gasteiger partial charge >= 0.3 is 12.1 Å². The monoisotopic (exact) mass is 526 g/mol. The van der Waals surface area contributed by atoms with Crippen LogP contribution in [-0.2, 0) is 11.3 Å². The molecule has 0 atom stereocenters. The van der Waals surface area contributed by atoms with Crippen LogP contribution in [0.2, 0.25) is 0 Å². The van der Waals surface area contributed by atoms with Gasteiger partial charge in [0.05, 0.1) is 18.4 Å². The van der Waals surface area contributed by atoms with Gasteiger partial charge in [-0.2, -0.15) is 9.98 Å². The van der Waals surface area contributed by atoms with E-state index in [0.29, 0.717) is 16.0 Å². The van der Waals surface area contributed by atoms with Gasteiger partial charge in [0.25, 0.3) is 0 Å². The van der Waals surface area contributed by atoms with E-state index in [-0.39, 0.29) is 18.1 Å². The second-order valence-electron chi connectivity index (χ2n) is 8.34. The van der Waals surface area contributed by atoms with E-state index in [4.69, 9.17) is 4.74 Å². The SMILES string of the molecule is CN(C)/C=N/C(=O)OCc1ccc(N(C(=O)/N=C/N(C)C)c2c(F)cccc2F)nc1-c1ccc(F)cc1. The Balaban J connectivity index is 2.13. The number of para-hydroxylation sites is 1. The molecule has 0 aliphatic rings. The fourth-order valence-corrected chi connectivity index (χ4v) is 3.15. The largest absolute Gasteiger partial charge is 0.443 e. The molecular weight excluding hydrogens is 501 g/mol. The molecule has 38 heavy (non-hydrogen) atoms. The summed E-state index contributed by atoms with van der Waals surface area (Å²) in [6.07, 6.45) is 1.58. The molecule has 0 saturated heterocycles. The van der Waals surface area contributed by atoms with E-state index in [1.807, 2.05) is 0 Å². The van der Waals surface area contributed by atoms with Gasteiger partial charge in [-0.1, -0.05) is 6.07 Å². The Morgan fingerprint density at radius 3 is 2.08 bits per heavy atom. The molecule has 198 valence electrons. The van der Waals surface area contributed by atoms with Gasteiger partial charge < -0.3 is 14.5 Å². The van der Waals surface area contributed by atoms with Crippen LogP contribution in [0.15, 0.2) is 64.6 Å². The number of aliphatic imine (C=N–C) groups is 2. The maximum Gasteiger partial charge on any atom is 0.435 e. The van der Waals surface area contributed by atoms with E-state index in [1.165, 1.54) is 54.0 Å². The summed E-state index contributed by atoms with van der Waals surface area (Å²) in [6.45, 7) is -0.273. The summed E-state index contributed by atoms with van der Waals surface area (Å²) in [5.74, 6) is -2.70. The lowest BCUT2D eigenvalue weighted by molar-refractivity contribution is 0.151. The summed E-state index contributed by atoms with van der Waals surface area (Å²) in [5.41, 5.74) is 0.266. The number of hydrogen-bond acceptors (Lipinski definition) is 4. The second-order valence-corrected chi connectivity index (χ2v) is 8.34. The number of benzene rings is 2. The minimum absolute atomic E-state index is 0.171. The molecule has 0 spiro atoms. The first-order valence-electron chi connectivity index (χ1n) is 11.2. The normalized spacial score (nSPS) is 11.1. The van der Waals surface area contributed by atoms with Gasteiger partial charge in [-0.05, 0) is 48.5 Å². The van der Waals surface area contributed by atoms with Crippen LogP contribution in [-0.4, -0.2) is 67.8 Å². The van der Waals surface area contributed by atoms with Crippen LogP contribution in [0.25, 0.3) is 11.3 Å². The highest BCUT2D eigenvalue weighted by Gasteiger charge is 2.26. The van der Waals surface area contributed by atoms with Gasteiger partial charge in [0.1, 0.15) is 35.6 Å². The van der Waals surface area contributed by atoms with Crippen molar-refractivity contribution >= 4 is 36.3 Å². The van der Waals surface area contributed by atoms with E-state index in [2.05, 4.69) is 15.0 Å². The summed E-state index contributed by atoms with van der Waals surface area (Å²) < 4.78 is 48.4. The predicted molar refractivity (Wildman–Crippen MR) is 138 cm³/mol. The summed E-state index contributed by atoms with van der Waals surface area (Å²) in [5, 5.41) is 0. The third-order valence-corrected chi connectivity index (χ3v) is 4.81. The molecule has 0 fully saturated rings. The number of amides is 3. The average molecular weight is 527 g/mol. The predicted octanol–water partition coefficient (Wildman–Crippen LogP) is 5.24. The van der Waals surface area contributed by atoms with Gasteiger partial charge in [-0.3, -0.25) is 0 Å². The molecule has 0 saturated carbocycles. The molecule has 0 N–H and O–H groups in total. The number of anilines is 2. The molecule has 2 aromatic carbocycles. The zero-order valence-corrected chi connectivity index (χ0v) is 21.1. The molecule has 3 rings (SSSR count). The number of hydrogen-bond donors (Lipinski definition) is 0. The third-order valence-electron chi connectivity index (χ3n) is 4.81.